The van der Waals surface area contributed by atoms with E-state index in [2.05, 4.69) is 0 Å². The van der Waals surface area contributed by atoms with Crippen LogP contribution < -0.4 is 0 Å². The highest BCUT2D eigenvalue weighted by Gasteiger charge is 2.48. The van der Waals surface area contributed by atoms with Gasteiger partial charge in [0.15, 0.2) is 0 Å². The number of rotatable bonds is 5. The lowest BCUT2D eigenvalue weighted by Gasteiger charge is -2.27. The molecule has 0 aliphatic carbocycles. The highest BCUT2D eigenvalue weighted by atomic mass is 32.2. The highest BCUT2D eigenvalue weighted by Crippen LogP contribution is 2.38. The Morgan fingerprint density at radius 2 is 1.91 bits per heavy atom. The fourth-order valence-electron chi connectivity index (χ4n) is 2.67. The van der Waals surface area contributed by atoms with Crippen LogP contribution in [0, 0.1) is 12.8 Å². The van der Waals surface area contributed by atoms with E-state index < -0.39 is 27.9 Å². The molecule has 0 radical (unpaired) electrons. The number of hydrogen-bond donors (Lipinski definition) is 1. The maximum Gasteiger partial charge on any atom is 0.297 e. The molecule has 0 amide bonds. The van der Waals surface area contributed by atoms with E-state index in [1.807, 2.05) is 27.7 Å². The fourth-order valence-corrected chi connectivity index (χ4v) is 3.59. The van der Waals surface area contributed by atoms with Crippen LogP contribution in [0.3, 0.4) is 0 Å². The van der Waals surface area contributed by atoms with Gasteiger partial charge >= 0.3 is 0 Å². The van der Waals surface area contributed by atoms with Gasteiger partial charge in [0.05, 0.1) is 23.2 Å². The summed E-state index contributed by atoms with van der Waals surface area (Å²) in [6.45, 7) is 7.51. The van der Waals surface area contributed by atoms with Crippen molar-refractivity contribution in [2.75, 3.05) is 6.61 Å². The van der Waals surface area contributed by atoms with Crippen molar-refractivity contribution in [2.45, 2.75) is 56.8 Å². The first-order chi connectivity index (χ1) is 10.2. The summed E-state index contributed by atoms with van der Waals surface area (Å²) in [6.07, 6.45) is -0.634. The summed E-state index contributed by atoms with van der Waals surface area (Å²) in [5, 5.41) is 10.2. The van der Waals surface area contributed by atoms with Crippen LogP contribution >= 0.6 is 0 Å². The lowest BCUT2D eigenvalue weighted by atomic mass is 9.86. The first-order valence-corrected chi connectivity index (χ1v) is 8.92. The molecule has 5 nitrogen and oxygen atoms in total. The zero-order valence-corrected chi connectivity index (χ0v) is 14.3. The van der Waals surface area contributed by atoms with Gasteiger partial charge in [-0.3, -0.25) is 4.18 Å². The normalized spacial score (nSPS) is 32.3. The van der Waals surface area contributed by atoms with E-state index in [1.165, 1.54) is 12.1 Å². The Bertz CT molecular complexity index is 610. The van der Waals surface area contributed by atoms with Crippen LogP contribution in [0.15, 0.2) is 29.2 Å². The minimum atomic E-state index is -3.84. The van der Waals surface area contributed by atoms with Gasteiger partial charge in [-0.15, -0.1) is 0 Å². The van der Waals surface area contributed by atoms with Crippen molar-refractivity contribution < 1.29 is 22.4 Å². The Kier molecular flexibility index (Phi) is 4.96. The van der Waals surface area contributed by atoms with Crippen molar-refractivity contribution in [1.82, 2.24) is 0 Å². The molecule has 4 atom stereocenters. The van der Waals surface area contributed by atoms with Gasteiger partial charge in [-0.1, -0.05) is 31.5 Å². The largest absolute Gasteiger partial charge is 0.390 e. The van der Waals surface area contributed by atoms with Crippen LogP contribution in [0.4, 0.5) is 0 Å². The van der Waals surface area contributed by atoms with Crippen LogP contribution in [0.2, 0.25) is 0 Å². The van der Waals surface area contributed by atoms with Gasteiger partial charge in [0.1, 0.15) is 6.10 Å². The molecular weight excluding hydrogens is 304 g/mol. The van der Waals surface area contributed by atoms with Crippen molar-refractivity contribution in [1.29, 1.82) is 0 Å². The Labute approximate surface area is 132 Å². The Balaban J connectivity index is 2.05. The Morgan fingerprint density at radius 3 is 2.41 bits per heavy atom. The smallest absolute Gasteiger partial charge is 0.297 e. The predicted molar refractivity (Wildman–Crippen MR) is 83.1 cm³/mol. The van der Waals surface area contributed by atoms with Crippen LogP contribution in [0.25, 0.3) is 0 Å². The van der Waals surface area contributed by atoms with Crippen molar-refractivity contribution >= 4 is 10.1 Å². The highest BCUT2D eigenvalue weighted by molar-refractivity contribution is 7.86. The molecule has 1 aromatic carbocycles. The first-order valence-electron chi connectivity index (χ1n) is 7.51. The van der Waals surface area contributed by atoms with Crippen molar-refractivity contribution in [3.63, 3.8) is 0 Å². The quantitative estimate of drug-likeness (QED) is 0.839. The minimum absolute atomic E-state index is 0.0758. The van der Waals surface area contributed by atoms with Gasteiger partial charge in [0, 0.05) is 5.92 Å². The molecule has 1 aliphatic rings. The molecule has 0 spiro atoms. The molecule has 0 bridgehead atoms. The summed E-state index contributed by atoms with van der Waals surface area (Å²) in [4.78, 5) is 0.108. The van der Waals surface area contributed by atoms with Gasteiger partial charge in [-0.2, -0.15) is 8.42 Å². The van der Waals surface area contributed by atoms with Gasteiger partial charge in [-0.05, 0) is 32.4 Å². The topological polar surface area (TPSA) is 72.8 Å². The molecular formula is C16H24O5S. The minimum Gasteiger partial charge on any atom is -0.390 e. The van der Waals surface area contributed by atoms with E-state index in [0.29, 0.717) is 0 Å². The molecule has 1 N–H and O–H groups in total. The predicted octanol–water partition coefficient (Wildman–Crippen LogP) is 2.26. The summed E-state index contributed by atoms with van der Waals surface area (Å²) in [5.41, 5.74) is 0.516. The molecule has 1 aliphatic heterocycles. The van der Waals surface area contributed by atoms with Crippen LogP contribution in [0.1, 0.15) is 32.8 Å². The number of aryl methyl sites for hydroxylation is 1. The maximum atomic E-state index is 12.2. The monoisotopic (exact) mass is 328 g/mol. The second-order valence-electron chi connectivity index (χ2n) is 6.15. The number of benzene rings is 1. The van der Waals surface area contributed by atoms with E-state index in [9.17, 15) is 13.5 Å². The van der Waals surface area contributed by atoms with E-state index in [0.717, 1.165) is 12.0 Å². The molecule has 0 aromatic heterocycles. The first kappa shape index (κ1) is 17.4. The molecule has 4 unspecified atom stereocenters. The third kappa shape index (κ3) is 3.35. The van der Waals surface area contributed by atoms with Gasteiger partial charge in [0.25, 0.3) is 10.1 Å². The van der Waals surface area contributed by atoms with E-state index in [-0.39, 0.29) is 17.4 Å². The maximum absolute atomic E-state index is 12.2. The lowest BCUT2D eigenvalue weighted by molar-refractivity contribution is -0.0647. The van der Waals surface area contributed by atoms with Crippen LogP contribution in [0.5, 0.6) is 0 Å². The second-order valence-corrected chi connectivity index (χ2v) is 7.77. The van der Waals surface area contributed by atoms with E-state index in [1.54, 1.807) is 12.1 Å². The Hall–Kier alpha value is -0.950. The lowest BCUT2D eigenvalue weighted by Crippen LogP contribution is -2.32. The molecule has 0 saturated carbocycles. The molecule has 22 heavy (non-hydrogen) atoms. The van der Waals surface area contributed by atoms with Crippen molar-refractivity contribution in [3.05, 3.63) is 29.8 Å². The van der Waals surface area contributed by atoms with Gasteiger partial charge in [-0.25, -0.2) is 0 Å². The zero-order valence-electron chi connectivity index (χ0n) is 13.4. The third-order valence-corrected chi connectivity index (χ3v) is 5.97. The number of hydrogen-bond acceptors (Lipinski definition) is 5. The van der Waals surface area contributed by atoms with Crippen molar-refractivity contribution in [2.24, 2.45) is 5.92 Å². The summed E-state index contributed by atoms with van der Waals surface area (Å²) >= 11 is 0. The summed E-state index contributed by atoms with van der Waals surface area (Å²) in [6, 6.07) is 6.45. The SMILES string of the molecule is CCC1(C)OC(COS(=O)(=O)c2ccc(C)cc2)C(O)C1C. The van der Waals surface area contributed by atoms with Crippen LogP contribution in [-0.2, 0) is 19.0 Å². The fraction of sp³-hybridized carbons (Fsp3) is 0.625. The average Bonchev–Trinajstić information content (AvgIpc) is 2.71. The second kappa shape index (κ2) is 6.28. The molecule has 1 heterocycles. The standard InChI is InChI=1S/C16H24O5S/c1-5-16(4)12(3)15(17)14(21-16)10-20-22(18,19)13-8-6-11(2)7-9-13/h6-9,12,14-15,17H,5,10H2,1-4H3. The number of ether oxygens (including phenoxy) is 1. The summed E-state index contributed by atoms with van der Waals surface area (Å²) in [5.74, 6) is -0.0758. The summed E-state index contributed by atoms with van der Waals surface area (Å²) < 4.78 is 35.2. The van der Waals surface area contributed by atoms with Crippen molar-refractivity contribution in [3.8, 4) is 0 Å². The molecule has 1 saturated heterocycles. The third-order valence-electron chi connectivity index (χ3n) is 4.68. The van der Waals surface area contributed by atoms with Gasteiger partial charge in [0.2, 0.25) is 0 Å². The molecule has 1 aromatic rings. The van der Waals surface area contributed by atoms with E-state index in [4.69, 9.17) is 8.92 Å². The molecule has 1 fully saturated rings. The van der Waals surface area contributed by atoms with E-state index >= 15 is 0 Å². The molecule has 124 valence electrons. The average molecular weight is 328 g/mol. The molecule has 2 rings (SSSR count). The molecule has 6 heteroatoms. The van der Waals surface area contributed by atoms with Crippen LogP contribution in [-0.4, -0.2) is 37.9 Å². The zero-order chi connectivity index (χ0) is 16.5. The number of aliphatic hydroxyl groups is 1. The Morgan fingerprint density at radius 1 is 1.32 bits per heavy atom. The van der Waals surface area contributed by atoms with Gasteiger partial charge < -0.3 is 9.84 Å². The number of aliphatic hydroxyl groups excluding tert-OH is 1. The summed E-state index contributed by atoms with van der Waals surface area (Å²) in [7, 11) is -3.84.